The third-order valence-corrected chi connectivity index (χ3v) is 4.93. The van der Waals surface area contributed by atoms with Crippen molar-refractivity contribution in [2.24, 2.45) is 0 Å². The summed E-state index contributed by atoms with van der Waals surface area (Å²) in [7, 11) is 0. The number of hydrogen-bond acceptors (Lipinski definition) is 2. The second-order valence-electron chi connectivity index (χ2n) is 6.85. The van der Waals surface area contributed by atoms with Crippen molar-refractivity contribution in [2.75, 3.05) is 6.54 Å². The van der Waals surface area contributed by atoms with E-state index in [0.29, 0.717) is 23.9 Å². The number of amides is 1. The number of fused-ring (bicyclic) bond motifs is 1. The van der Waals surface area contributed by atoms with Crippen LogP contribution in [0.4, 0.5) is 13.2 Å². The van der Waals surface area contributed by atoms with E-state index in [4.69, 9.17) is 0 Å². The molecule has 1 aliphatic carbocycles. The summed E-state index contributed by atoms with van der Waals surface area (Å²) < 4.78 is 40.7. The van der Waals surface area contributed by atoms with Crippen LogP contribution in [0.25, 0.3) is 10.9 Å². The van der Waals surface area contributed by atoms with Gasteiger partial charge in [-0.2, -0.15) is 13.2 Å². The van der Waals surface area contributed by atoms with Crippen LogP contribution in [0.5, 0.6) is 0 Å². The van der Waals surface area contributed by atoms with E-state index in [-0.39, 0.29) is 11.9 Å². The lowest BCUT2D eigenvalue weighted by atomic mass is 9.85. The summed E-state index contributed by atoms with van der Waals surface area (Å²) in [6, 6.07) is 2.58. The van der Waals surface area contributed by atoms with Gasteiger partial charge >= 0.3 is 6.18 Å². The van der Waals surface area contributed by atoms with Crippen molar-refractivity contribution in [3.63, 3.8) is 0 Å². The number of nitrogens with one attached hydrogen (secondary N) is 2. The largest absolute Gasteiger partial charge is 0.417 e. The highest BCUT2D eigenvalue weighted by molar-refractivity contribution is 6.02. The molecule has 25 heavy (non-hydrogen) atoms. The number of rotatable bonds is 3. The van der Waals surface area contributed by atoms with Crippen molar-refractivity contribution >= 4 is 16.8 Å². The standard InChI is InChI=1S/C18H21F3N2O2/c1-11-9-13(14(18(19,20)21)12-5-8-22-15(11)12)16(24)23-10-17(25)6-3-2-4-7-17/h5,8-9,22,25H,2-4,6-7,10H2,1H3,(H,23,24). The van der Waals surface area contributed by atoms with Crippen molar-refractivity contribution in [1.82, 2.24) is 10.3 Å². The number of aromatic nitrogens is 1. The number of aromatic amines is 1. The molecule has 0 bridgehead atoms. The van der Waals surface area contributed by atoms with Gasteiger partial charge in [-0.25, -0.2) is 0 Å². The number of carbonyl (C=O) groups excluding carboxylic acids is 1. The monoisotopic (exact) mass is 354 g/mol. The Labute approximate surface area is 143 Å². The number of aryl methyl sites for hydroxylation is 1. The van der Waals surface area contributed by atoms with E-state index in [1.165, 1.54) is 18.3 Å². The highest BCUT2D eigenvalue weighted by atomic mass is 19.4. The Morgan fingerprint density at radius 3 is 2.64 bits per heavy atom. The number of halogens is 3. The van der Waals surface area contributed by atoms with Crippen molar-refractivity contribution < 1.29 is 23.1 Å². The zero-order valence-corrected chi connectivity index (χ0v) is 14.0. The fourth-order valence-electron chi connectivity index (χ4n) is 3.62. The summed E-state index contributed by atoms with van der Waals surface area (Å²) >= 11 is 0. The van der Waals surface area contributed by atoms with Gasteiger partial charge in [-0.05, 0) is 37.5 Å². The molecule has 0 spiro atoms. The molecule has 7 heteroatoms. The molecule has 0 unspecified atom stereocenters. The maximum atomic E-state index is 13.6. The Bertz CT molecular complexity index is 789. The number of carbonyl (C=O) groups is 1. The molecule has 1 aliphatic rings. The molecule has 1 heterocycles. The number of hydrogen-bond donors (Lipinski definition) is 3. The number of H-pyrrole nitrogens is 1. The minimum atomic E-state index is -4.65. The van der Waals surface area contributed by atoms with E-state index in [9.17, 15) is 23.1 Å². The van der Waals surface area contributed by atoms with Crippen LogP contribution in [-0.4, -0.2) is 28.1 Å². The van der Waals surface area contributed by atoms with Gasteiger partial charge < -0.3 is 15.4 Å². The molecule has 4 nitrogen and oxygen atoms in total. The molecule has 1 amide bonds. The Hall–Kier alpha value is -2.02. The Morgan fingerprint density at radius 2 is 2.00 bits per heavy atom. The number of aliphatic hydroxyl groups is 1. The van der Waals surface area contributed by atoms with Gasteiger partial charge in [0.15, 0.2) is 0 Å². The van der Waals surface area contributed by atoms with E-state index in [0.717, 1.165) is 19.3 Å². The third kappa shape index (κ3) is 3.51. The number of alkyl halides is 3. The first kappa shape index (κ1) is 17.8. The predicted octanol–water partition coefficient (Wildman–Crippen LogP) is 3.92. The van der Waals surface area contributed by atoms with Crippen LogP contribution in [-0.2, 0) is 6.18 Å². The normalized spacial score (nSPS) is 17.6. The van der Waals surface area contributed by atoms with Gasteiger partial charge in [0.25, 0.3) is 5.91 Å². The number of benzene rings is 1. The van der Waals surface area contributed by atoms with Crippen LogP contribution in [0.1, 0.15) is 53.6 Å². The highest BCUT2D eigenvalue weighted by Crippen LogP contribution is 2.38. The third-order valence-electron chi connectivity index (χ3n) is 4.93. The van der Waals surface area contributed by atoms with Gasteiger partial charge in [0.2, 0.25) is 0 Å². The second kappa shape index (κ2) is 6.37. The maximum absolute atomic E-state index is 13.6. The first-order chi connectivity index (χ1) is 11.7. The van der Waals surface area contributed by atoms with Gasteiger partial charge in [-0.15, -0.1) is 0 Å². The Morgan fingerprint density at radius 1 is 1.32 bits per heavy atom. The molecule has 1 aromatic heterocycles. The van der Waals surface area contributed by atoms with E-state index in [1.54, 1.807) is 6.92 Å². The van der Waals surface area contributed by atoms with E-state index < -0.39 is 28.8 Å². The van der Waals surface area contributed by atoms with Crippen LogP contribution in [0.15, 0.2) is 18.3 Å². The van der Waals surface area contributed by atoms with Gasteiger partial charge in [0.05, 0.1) is 16.7 Å². The van der Waals surface area contributed by atoms with Crippen molar-refractivity contribution in [1.29, 1.82) is 0 Å². The fourth-order valence-corrected chi connectivity index (χ4v) is 3.62. The molecule has 0 atom stereocenters. The lowest BCUT2D eigenvalue weighted by molar-refractivity contribution is -0.136. The van der Waals surface area contributed by atoms with Crippen LogP contribution < -0.4 is 5.32 Å². The first-order valence-electron chi connectivity index (χ1n) is 8.40. The van der Waals surface area contributed by atoms with Crippen LogP contribution in [0.2, 0.25) is 0 Å². The molecule has 3 rings (SSSR count). The summed E-state index contributed by atoms with van der Waals surface area (Å²) in [5.74, 6) is -0.808. The van der Waals surface area contributed by atoms with E-state index in [1.807, 2.05) is 0 Å². The highest BCUT2D eigenvalue weighted by Gasteiger charge is 2.38. The molecule has 1 saturated carbocycles. The minimum Gasteiger partial charge on any atom is -0.388 e. The average molecular weight is 354 g/mol. The lowest BCUT2D eigenvalue weighted by Crippen LogP contribution is -2.44. The predicted molar refractivity (Wildman–Crippen MR) is 88.4 cm³/mol. The molecular formula is C18H21F3N2O2. The molecule has 2 aromatic rings. The SMILES string of the molecule is Cc1cc(C(=O)NCC2(O)CCCCC2)c(C(F)(F)F)c2cc[nH]c12. The summed E-state index contributed by atoms with van der Waals surface area (Å²) in [5.41, 5.74) is -1.44. The smallest absolute Gasteiger partial charge is 0.388 e. The van der Waals surface area contributed by atoms with Crippen LogP contribution >= 0.6 is 0 Å². The molecule has 1 aromatic carbocycles. The van der Waals surface area contributed by atoms with E-state index in [2.05, 4.69) is 10.3 Å². The molecule has 0 saturated heterocycles. The summed E-state index contributed by atoms with van der Waals surface area (Å²) in [4.78, 5) is 15.3. The molecule has 3 N–H and O–H groups in total. The lowest BCUT2D eigenvalue weighted by Gasteiger charge is -2.32. The quantitative estimate of drug-likeness (QED) is 0.782. The van der Waals surface area contributed by atoms with Gasteiger partial charge in [-0.3, -0.25) is 4.79 Å². The molecular weight excluding hydrogens is 333 g/mol. The van der Waals surface area contributed by atoms with Crippen molar-refractivity contribution in [3.05, 3.63) is 35.0 Å². The second-order valence-corrected chi connectivity index (χ2v) is 6.85. The van der Waals surface area contributed by atoms with Crippen molar-refractivity contribution in [3.8, 4) is 0 Å². The molecule has 0 aliphatic heterocycles. The minimum absolute atomic E-state index is 0.0194. The summed E-state index contributed by atoms with van der Waals surface area (Å²) in [5, 5.41) is 12.9. The zero-order chi connectivity index (χ0) is 18.2. The van der Waals surface area contributed by atoms with E-state index >= 15 is 0 Å². The zero-order valence-electron chi connectivity index (χ0n) is 14.0. The van der Waals surface area contributed by atoms with Crippen LogP contribution in [0.3, 0.4) is 0 Å². The Balaban J connectivity index is 1.93. The van der Waals surface area contributed by atoms with Crippen molar-refractivity contribution in [2.45, 2.75) is 50.8 Å². The summed E-state index contributed by atoms with van der Waals surface area (Å²) in [6.07, 6.45) is 0.619. The molecule has 0 radical (unpaired) electrons. The van der Waals surface area contributed by atoms with Gasteiger partial charge in [0.1, 0.15) is 0 Å². The first-order valence-corrected chi connectivity index (χ1v) is 8.40. The van der Waals surface area contributed by atoms with Gasteiger partial charge in [0, 0.05) is 23.6 Å². The maximum Gasteiger partial charge on any atom is 0.417 e. The fraction of sp³-hybridized carbons (Fsp3) is 0.500. The average Bonchev–Trinajstić information content (AvgIpc) is 3.02. The topological polar surface area (TPSA) is 65.1 Å². The van der Waals surface area contributed by atoms with Crippen LogP contribution in [0, 0.1) is 6.92 Å². The summed E-state index contributed by atoms with van der Waals surface area (Å²) in [6.45, 7) is 1.62. The Kier molecular flexibility index (Phi) is 4.53. The molecule has 1 fully saturated rings. The molecule has 136 valence electrons. The van der Waals surface area contributed by atoms with Gasteiger partial charge in [-0.1, -0.05) is 19.3 Å².